The van der Waals surface area contributed by atoms with E-state index in [9.17, 15) is 21.6 Å². The first kappa shape index (κ1) is 20.2. The number of hydrogen-bond acceptors (Lipinski definition) is 4. The highest BCUT2D eigenvalue weighted by atomic mass is 32.2. The summed E-state index contributed by atoms with van der Waals surface area (Å²) in [5.41, 5.74) is 0.347. The first-order chi connectivity index (χ1) is 12.3. The third-order valence-corrected chi connectivity index (χ3v) is 4.65. The lowest BCUT2D eigenvalue weighted by Crippen LogP contribution is -2.21. The molecule has 0 saturated carbocycles. The number of benzene rings is 2. The van der Waals surface area contributed by atoms with Crippen molar-refractivity contribution in [1.29, 1.82) is 0 Å². The quantitative estimate of drug-likeness (QED) is 0.529. The van der Waals surface area contributed by atoms with Crippen LogP contribution in [-0.4, -0.2) is 41.1 Å². The van der Waals surface area contributed by atoms with Gasteiger partial charge >= 0.3 is 0 Å². The fourth-order valence-electron chi connectivity index (χ4n) is 2.17. The number of hydrogen-bond donors (Lipinski definition) is 1. The number of halogens is 3. The standard InChI is InChI=1S/C17H18F3NO4S/c1-24-6-7-25-8-9-26(22,23)21-16-5-3-2-4-13(16)12-10-14(18)17(20)15(19)11-12/h2-5,10-11,21H,6-9H2,1H3. The van der Waals surface area contributed by atoms with Crippen LogP contribution in [0.3, 0.4) is 0 Å². The summed E-state index contributed by atoms with van der Waals surface area (Å²) in [5.74, 6) is -4.61. The van der Waals surface area contributed by atoms with E-state index < -0.39 is 27.5 Å². The Balaban J connectivity index is 2.19. The van der Waals surface area contributed by atoms with Crippen LogP contribution in [0, 0.1) is 17.5 Å². The predicted octanol–water partition coefficient (Wildman–Crippen LogP) is 3.18. The predicted molar refractivity (Wildman–Crippen MR) is 91.9 cm³/mol. The highest BCUT2D eigenvalue weighted by Gasteiger charge is 2.17. The summed E-state index contributed by atoms with van der Waals surface area (Å²) in [6.07, 6.45) is 0. The van der Waals surface area contributed by atoms with Gasteiger partial charge in [0.1, 0.15) is 0 Å². The van der Waals surface area contributed by atoms with Gasteiger partial charge in [0, 0.05) is 12.7 Å². The lowest BCUT2D eigenvalue weighted by molar-refractivity contribution is 0.0785. The molecule has 2 aromatic carbocycles. The SMILES string of the molecule is COCCOCCS(=O)(=O)Nc1ccccc1-c1cc(F)c(F)c(F)c1. The molecule has 0 saturated heterocycles. The first-order valence-corrected chi connectivity index (χ1v) is 9.30. The van der Waals surface area contributed by atoms with Crippen molar-refractivity contribution in [1.82, 2.24) is 0 Å². The molecule has 0 aliphatic heterocycles. The maximum absolute atomic E-state index is 13.5. The van der Waals surface area contributed by atoms with Gasteiger partial charge in [-0.3, -0.25) is 4.72 Å². The molecule has 0 atom stereocenters. The van der Waals surface area contributed by atoms with E-state index in [0.29, 0.717) is 6.61 Å². The Morgan fingerprint density at radius 3 is 2.31 bits per heavy atom. The van der Waals surface area contributed by atoms with Gasteiger partial charge in [-0.15, -0.1) is 0 Å². The summed E-state index contributed by atoms with van der Waals surface area (Å²) in [4.78, 5) is 0. The van der Waals surface area contributed by atoms with E-state index in [1.165, 1.54) is 19.2 Å². The molecule has 0 heterocycles. The van der Waals surface area contributed by atoms with Crippen LogP contribution in [0.4, 0.5) is 18.9 Å². The van der Waals surface area contributed by atoms with Crippen LogP contribution < -0.4 is 4.72 Å². The molecule has 5 nitrogen and oxygen atoms in total. The van der Waals surface area contributed by atoms with Gasteiger partial charge in [0.05, 0.1) is 31.3 Å². The summed E-state index contributed by atoms with van der Waals surface area (Å²) in [7, 11) is -2.26. The minimum Gasteiger partial charge on any atom is -0.382 e. The minimum absolute atomic E-state index is 0.0102. The van der Waals surface area contributed by atoms with Crippen LogP contribution in [0.15, 0.2) is 36.4 Å². The Kier molecular flexibility index (Phi) is 7.01. The number of nitrogens with one attached hydrogen (secondary N) is 1. The first-order valence-electron chi connectivity index (χ1n) is 7.65. The average molecular weight is 389 g/mol. The van der Waals surface area contributed by atoms with Crippen molar-refractivity contribution in [3.8, 4) is 11.1 Å². The zero-order valence-corrected chi connectivity index (χ0v) is 14.8. The fraction of sp³-hybridized carbons (Fsp3) is 0.294. The zero-order valence-electron chi connectivity index (χ0n) is 14.0. The molecule has 142 valence electrons. The van der Waals surface area contributed by atoms with Crippen molar-refractivity contribution >= 4 is 15.7 Å². The van der Waals surface area contributed by atoms with Gasteiger partial charge in [0.25, 0.3) is 0 Å². The van der Waals surface area contributed by atoms with Crippen molar-refractivity contribution in [3.05, 3.63) is 53.8 Å². The van der Waals surface area contributed by atoms with E-state index in [0.717, 1.165) is 12.1 Å². The van der Waals surface area contributed by atoms with Crippen LogP contribution in [0.25, 0.3) is 11.1 Å². The van der Waals surface area contributed by atoms with Gasteiger partial charge in [-0.1, -0.05) is 18.2 Å². The maximum atomic E-state index is 13.5. The van der Waals surface area contributed by atoms with Crippen molar-refractivity contribution in [2.45, 2.75) is 0 Å². The lowest BCUT2D eigenvalue weighted by atomic mass is 10.0. The maximum Gasteiger partial charge on any atom is 0.235 e. The second-order valence-electron chi connectivity index (χ2n) is 5.33. The molecule has 9 heteroatoms. The van der Waals surface area contributed by atoms with E-state index in [4.69, 9.17) is 9.47 Å². The summed E-state index contributed by atoms with van der Waals surface area (Å²) in [6.45, 7) is 0.565. The monoisotopic (exact) mass is 389 g/mol. The highest BCUT2D eigenvalue weighted by molar-refractivity contribution is 7.92. The third kappa shape index (κ3) is 5.45. The van der Waals surface area contributed by atoms with Gasteiger partial charge < -0.3 is 9.47 Å². The Morgan fingerprint density at radius 2 is 1.65 bits per heavy atom. The Morgan fingerprint density at radius 1 is 1.00 bits per heavy atom. The molecule has 0 fully saturated rings. The van der Waals surface area contributed by atoms with E-state index >= 15 is 0 Å². The number of anilines is 1. The van der Waals surface area contributed by atoms with Crippen LogP contribution in [0.2, 0.25) is 0 Å². The third-order valence-electron chi connectivity index (χ3n) is 3.42. The Bertz CT molecular complexity index is 836. The zero-order chi connectivity index (χ0) is 19.2. The molecule has 26 heavy (non-hydrogen) atoms. The summed E-state index contributed by atoms with van der Waals surface area (Å²) < 4.78 is 76.7. The molecule has 0 amide bonds. The molecule has 2 rings (SSSR count). The van der Waals surface area contributed by atoms with E-state index in [1.807, 2.05) is 0 Å². The molecule has 0 radical (unpaired) electrons. The number of para-hydroxylation sites is 1. The molecule has 2 aromatic rings. The van der Waals surface area contributed by atoms with Gasteiger partial charge in [0.2, 0.25) is 10.0 Å². The largest absolute Gasteiger partial charge is 0.382 e. The van der Waals surface area contributed by atoms with E-state index in [-0.39, 0.29) is 35.8 Å². The van der Waals surface area contributed by atoms with Gasteiger partial charge in [-0.2, -0.15) is 0 Å². The van der Waals surface area contributed by atoms with Crippen LogP contribution >= 0.6 is 0 Å². The fourth-order valence-corrected chi connectivity index (χ4v) is 3.12. The van der Waals surface area contributed by atoms with Gasteiger partial charge in [0.15, 0.2) is 17.5 Å². The van der Waals surface area contributed by atoms with E-state index in [2.05, 4.69) is 4.72 Å². The van der Waals surface area contributed by atoms with Crippen molar-refractivity contribution in [2.75, 3.05) is 37.4 Å². The Labute approximate surface area is 149 Å². The van der Waals surface area contributed by atoms with Crippen molar-refractivity contribution in [2.24, 2.45) is 0 Å². The minimum atomic E-state index is -3.76. The number of ether oxygens (including phenoxy) is 2. The van der Waals surface area contributed by atoms with E-state index in [1.54, 1.807) is 12.1 Å². The molecular formula is C17H18F3NO4S. The molecule has 0 aliphatic carbocycles. The number of rotatable bonds is 9. The van der Waals surface area contributed by atoms with Crippen LogP contribution in [0.1, 0.15) is 0 Å². The van der Waals surface area contributed by atoms with Crippen LogP contribution in [0.5, 0.6) is 0 Å². The molecule has 0 bridgehead atoms. The van der Waals surface area contributed by atoms with Gasteiger partial charge in [-0.25, -0.2) is 21.6 Å². The van der Waals surface area contributed by atoms with Crippen molar-refractivity contribution < 1.29 is 31.1 Å². The smallest absolute Gasteiger partial charge is 0.235 e. The number of methoxy groups -OCH3 is 1. The summed E-state index contributed by atoms with van der Waals surface area (Å²) in [6, 6.07) is 7.66. The molecule has 0 spiro atoms. The van der Waals surface area contributed by atoms with Gasteiger partial charge in [-0.05, 0) is 23.8 Å². The summed E-state index contributed by atoms with van der Waals surface area (Å²) in [5, 5.41) is 0. The molecule has 0 unspecified atom stereocenters. The molecule has 1 N–H and O–H groups in total. The highest BCUT2D eigenvalue weighted by Crippen LogP contribution is 2.30. The number of sulfonamides is 1. The van der Waals surface area contributed by atoms with Crippen molar-refractivity contribution in [3.63, 3.8) is 0 Å². The molecule has 0 aliphatic rings. The lowest BCUT2D eigenvalue weighted by Gasteiger charge is -2.13. The Hall–Kier alpha value is -2.10. The second kappa shape index (κ2) is 9.02. The molecule has 0 aromatic heterocycles. The average Bonchev–Trinajstić information content (AvgIpc) is 2.59. The second-order valence-corrected chi connectivity index (χ2v) is 7.17. The van der Waals surface area contributed by atoms with Crippen LogP contribution in [-0.2, 0) is 19.5 Å². The topological polar surface area (TPSA) is 64.6 Å². The molecular weight excluding hydrogens is 371 g/mol. The normalized spacial score (nSPS) is 11.5. The summed E-state index contributed by atoms with van der Waals surface area (Å²) >= 11 is 0.